The van der Waals surface area contributed by atoms with E-state index in [4.69, 9.17) is 4.52 Å². The molecule has 3 amide bonds. The summed E-state index contributed by atoms with van der Waals surface area (Å²) >= 11 is 0. The highest BCUT2D eigenvalue weighted by atomic mass is 19.1. The summed E-state index contributed by atoms with van der Waals surface area (Å²) in [4.78, 5) is 32.5. The third-order valence-corrected chi connectivity index (χ3v) is 5.37. The highest BCUT2D eigenvalue weighted by Gasteiger charge is 2.30. The Kier molecular flexibility index (Phi) is 7.76. The summed E-state index contributed by atoms with van der Waals surface area (Å²) in [7, 11) is 0. The predicted molar refractivity (Wildman–Crippen MR) is 114 cm³/mol. The van der Waals surface area contributed by atoms with Crippen LogP contribution in [0, 0.1) is 17.6 Å². The second-order valence-corrected chi connectivity index (χ2v) is 8.46. The maximum Gasteiger partial charge on any atom is 0.321 e. The van der Waals surface area contributed by atoms with Gasteiger partial charge in [0.1, 0.15) is 11.6 Å². The van der Waals surface area contributed by atoms with Crippen LogP contribution in [0.5, 0.6) is 0 Å². The van der Waals surface area contributed by atoms with Crippen molar-refractivity contribution in [3.05, 3.63) is 41.5 Å². The Bertz CT molecular complexity index is 949. The molecule has 2 aromatic rings. The molecule has 1 saturated heterocycles. The summed E-state index contributed by atoms with van der Waals surface area (Å²) in [6.07, 6.45) is 2.57. The molecule has 1 atom stereocenters. The molecule has 174 valence electrons. The smallest absolute Gasteiger partial charge is 0.321 e. The SMILES string of the molecule is CC(=O)N(CCc1noc(CC(C)C)n1)C1CCCN(C(=O)Nc2cc(F)ccc2F)C1. The molecule has 1 aromatic heterocycles. The number of hydrogen-bond acceptors (Lipinski definition) is 5. The number of likely N-dealkylation sites (tertiary alicyclic amines) is 1. The lowest BCUT2D eigenvalue weighted by Crippen LogP contribution is -2.52. The number of hydrogen-bond donors (Lipinski definition) is 1. The molecule has 8 nitrogen and oxygen atoms in total. The molecule has 1 N–H and O–H groups in total. The minimum Gasteiger partial charge on any atom is -0.339 e. The van der Waals surface area contributed by atoms with Crippen molar-refractivity contribution in [1.29, 1.82) is 0 Å². The van der Waals surface area contributed by atoms with Crippen LogP contribution in [0.2, 0.25) is 0 Å². The average molecular weight is 450 g/mol. The first-order valence-corrected chi connectivity index (χ1v) is 10.8. The van der Waals surface area contributed by atoms with Crippen molar-refractivity contribution in [3.63, 3.8) is 0 Å². The van der Waals surface area contributed by atoms with Gasteiger partial charge in [-0.1, -0.05) is 19.0 Å². The minimum absolute atomic E-state index is 0.112. The summed E-state index contributed by atoms with van der Waals surface area (Å²) in [6, 6.07) is 2.17. The van der Waals surface area contributed by atoms with Gasteiger partial charge in [-0.25, -0.2) is 13.6 Å². The van der Waals surface area contributed by atoms with Crippen LogP contribution in [0.25, 0.3) is 0 Å². The van der Waals surface area contributed by atoms with Crippen LogP contribution in [-0.2, 0) is 17.6 Å². The van der Waals surface area contributed by atoms with E-state index in [9.17, 15) is 18.4 Å². The number of piperidine rings is 1. The van der Waals surface area contributed by atoms with Gasteiger partial charge in [-0.2, -0.15) is 4.98 Å². The van der Waals surface area contributed by atoms with E-state index in [2.05, 4.69) is 29.3 Å². The highest BCUT2D eigenvalue weighted by Crippen LogP contribution is 2.20. The fraction of sp³-hybridized carbons (Fsp3) is 0.545. The van der Waals surface area contributed by atoms with Gasteiger partial charge in [0.2, 0.25) is 11.8 Å². The summed E-state index contributed by atoms with van der Waals surface area (Å²) in [5, 5.41) is 6.41. The molecule has 0 spiro atoms. The number of aromatic nitrogens is 2. The number of nitrogens with one attached hydrogen (secondary N) is 1. The number of amides is 3. The first-order valence-electron chi connectivity index (χ1n) is 10.8. The number of rotatable bonds is 7. The molecule has 1 aliphatic rings. The summed E-state index contributed by atoms with van der Waals surface area (Å²) in [6.45, 7) is 6.78. The van der Waals surface area contributed by atoms with Gasteiger partial charge in [-0.3, -0.25) is 4.79 Å². The lowest BCUT2D eigenvalue weighted by Gasteiger charge is -2.39. The Morgan fingerprint density at radius 3 is 2.84 bits per heavy atom. The third-order valence-electron chi connectivity index (χ3n) is 5.37. The highest BCUT2D eigenvalue weighted by molar-refractivity contribution is 5.89. The topological polar surface area (TPSA) is 91.6 Å². The largest absolute Gasteiger partial charge is 0.339 e. The monoisotopic (exact) mass is 449 g/mol. The van der Waals surface area contributed by atoms with Crippen LogP contribution in [0.3, 0.4) is 0 Å². The second kappa shape index (κ2) is 10.5. The van der Waals surface area contributed by atoms with E-state index in [-0.39, 0.29) is 17.6 Å². The Balaban J connectivity index is 1.60. The summed E-state index contributed by atoms with van der Waals surface area (Å²) in [5.41, 5.74) is -0.213. The van der Waals surface area contributed by atoms with Crippen molar-refractivity contribution >= 4 is 17.6 Å². The Hall–Kier alpha value is -3.04. The van der Waals surface area contributed by atoms with Crippen LogP contribution >= 0.6 is 0 Å². The number of benzene rings is 1. The lowest BCUT2D eigenvalue weighted by molar-refractivity contribution is -0.132. The van der Waals surface area contributed by atoms with Crippen LogP contribution in [-0.4, -0.2) is 57.6 Å². The van der Waals surface area contributed by atoms with E-state index in [0.717, 1.165) is 24.6 Å². The fourth-order valence-electron chi connectivity index (χ4n) is 3.82. The number of halogens is 2. The van der Waals surface area contributed by atoms with Crippen LogP contribution in [0.4, 0.5) is 19.3 Å². The van der Waals surface area contributed by atoms with Crippen LogP contribution in [0.1, 0.15) is 45.3 Å². The summed E-state index contributed by atoms with van der Waals surface area (Å²) < 4.78 is 32.5. The lowest BCUT2D eigenvalue weighted by atomic mass is 10.0. The minimum atomic E-state index is -0.712. The van der Waals surface area contributed by atoms with Crippen molar-refractivity contribution in [2.24, 2.45) is 5.92 Å². The van der Waals surface area contributed by atoms with Crippen molar-refractivity contribution in [1.82, 2.24) is 19.9 Å². The maximum atomic E-state index is 13.9. The van der Waals surface area contributed by atoms with E-state index in [1.165, 1.54) is 11.8 Å². The quantitative estimate of drug-likeness (QED) is 0.697. The van der Waals surface area contributed by atoms with Gasteiger partial charge in [0.05, 0.1) is 5.69 Å². The van der Waals surface area contributed by atoms with E-state index in [1.54, 1.807) is 4.90 Å². The molecule has 1 unspecified atom stereocenters. The Morgan fingerprint density at radius 1 is 1.34 bits per heavy atom. The maximum absolute atomic E-state index is 13.9. The average Bonchev–Trinajstić information content (AvgIpc) is 3.17. The number of carbonyl (C=O) groups is 2. The zero-order valence-electron chi connectivity index (χ0n) is 18.6. The zero-order chi connectivity index (χ0) is 23.3. The second-order valence-electron chi connectivity index (χ2n) is 8.46. The molecule has 0 radical (unpaired) electrons. The van der Waals surface area contributed by atoms with E-state index in [1.807, 2.05) is 0 Å². The first-order chi connectivity index (χ1) is 15.2. The van der Waals surface area contributed by atoms with Crippen molar-refractivity contribution in [3.8, 4) is 0 Å². The standard InChI is InChI=1S/C22H29F2N5O3/c1-14(2)11-21-26-20(27-32-21)8-10-29(15(3)30)17-5-4-9-28(13-17)22(31)25-19-12-16(23)6-7-18(19)24/h6-7,12,14,17H,4-5,8-11,13H2,1-3H3,(H,25,31). The van der Waals surface area contributed by atoms with E-state index >= 15 is 0 Å². The fourth-order valence-corrected chi connectivity index (χ4v) is 3.82. The van der Waals surface area contributed by atoms with Gasteiger partial charge in [-0.05, 0) is 30.9 Å². The van der Waals surface area contributed by atoms with Crippen molar-refractivity contribution in [2.75, 3.05) is 25.0 Å². The van der Waals surface area contributed by atoms with Crippen molar-refractivity contribution in [2.45, 2.75) is 52.5 Å². The molecule has 1 aromatic carbocycles. The molecular weight excluding hydrogens is 420 g/mol. The molecule has 0 aliphatic carbocycles. The molecule has 32 heavy (non-hydrogen) atoms. The molecule has 1 fully saturated rings. The van der Waals surface area contributed by atoms with Gasteiger partial charge in [0.15, 0.2) is 5.82 Å². The summed E-state index contributed by atoms with van der Waals surface area (Å²) in [5.74, 6) is 0.0551. The molecule has 0 saturated carbocycles. The molecule has 10 heteroatoms. The van der Waals surface area contributed by atoms with Crippen molar-refractivity contribution < 1.29 is 22.9 Å². The van der Waals surface area contributed by atoms with Gasteiger partial charge in [-0.15, -0.1) is 0 Å². The van der Waals surface area contributed by atoms with Gasteiger partial charge < -0.3 is 19.6 Å². The number of urea groups is 1. The number of anilines is 1. The predicted octanol–water partition coefficient (Wildman–Crippen LogP) is 3.63. The molecule has 0 bridgehead atoms. The van der Waals surface area contributed by atoms with Gasteiger partial charge in [0, 0.05) is 51.5 Å². The zero-order valence-corrected chi connectivity index (χ0v) is 18.6. The molecule has 3 rings (SSSR count). The first kappa shape index (κ1) is 23.6. The van der Waals surface area contributed by atoms with Gasteiger partial charge >= 0.3 is 6.03 Å². The molecular formula is C22H29F2N5O3. The third kappa shape index (κ3) is 6.24. The number of nitrogens with zero attached hydrogens (tertiary/aromatic N) is 4. The number of carbonyl (C=O) groups excluding carboxylic acids is 2. The van der Waals surface area contributed by atoms with Crippen LogP contribution < -0.4 is 5.32 Å². The normalized spacial score (nSPS) is 16.3. The van der Waals surface area contributed by atoms with E-state index < -0.39 is 17.7 Å². The Labute approximate surface area is 186 Å². The Morgan fingerprint density at radius 2 is 2.12 bits per heavy atom. The molecule has 1 aliphatic heterocycles. The molecule has 2 heterocycles. The van der Waals surface area contributed by atoms with E-state index in [0.29, 0.717) is 56.5 Å². The van der Waals surface area contributed by atoms with Gasteiger partial charge in [0.25, 0.3) is 0 Å². The van der Waals surface area contributed by atoms with Crippen LogP contribution in [0.15, 0.2) is 22.7 Å².